The topological polar surface area (TPSA) is 492 Å². The molecule has 4 saturated heterocycles. The predicted molar refractivity (Wildman–Crippen MR) is 495 cm³/mol. The van der Waals surface area contributed by atoms with E-state index in [1.54, 1.807) is 95.1 Å². The molecule has 14 rings (SSSR count). The van der Waals surface area contributed by atoms with Crippen LogP contribution in [0.1, 0.15) is 161 Å². The number of aliphatic hydroxyl groups is 2. The Morgan fingerprint density at radius 2 is 0.946 bits per heavy atom. The van der Waals surface area contributed by atoms with Gasteiger partial charge in [-0.25, -0.2) is 49.8 Å². The number of nitrogens with one attached hydrogen (secondary N) is 4. The molecule has 4 aliphatic heterocycles. The molecule has 47 heteroatoms. The van der Waals surface area contributed by atoms with Gasteiger partial charge in [0.2, 0.25) is 0 Å². The standard InChI is InChI=1S/C36H47N9O11P2SSi.C23H30N5O7PSi.C20H34N5O3P.C2H2.CH4/c1-19-22(14-46)52-34(45-18-40-25-31(45)41-20(2)42-33(25)48)26(19)55-58(6,59)51-15-23-27(54-57(49)50)28(56-60(7,8)36(3,4)5)35(53-23)44-17-39-24-29(37-16-38-30(24)44)43-32(47)21-12-10-9-11-13-21;1-23(2,3)37(4,5)35-18-17(34-36(31)32)15(11-29)33-22(18)28-13-26-16-19(24-12-25-20(16)28)27-21(30)14-9-7-6-8-10-14;1-9-15-13(6)17(28-29(8)25(11(2)3)12(4)5)20(27-15)24-10-21-16-18(24)22-14(7)23-19(16)26;1-2;/h9-13,16-19,22-23,26-28,34-35,46H,14-15H2,1-8H3,(H2-,37,38,41,42,43,47,48,49,50);6-10,12-13,15,17-18,22,29H,11H2,1-5H3,(H-,24,25,27,30,31,32);10-13,15,17,20H,9H2,1-8H3,(H,22,23,26);1-2H;1H4/p+2/t19?,22-,23-,26+,27?,28+,34-,35-,58?;15-,17?,18+,22-;13?,15-,17+,20-,29?;;/m111../s1. The van der Waals surface area contributed by atoms with Crippen LogP contribution in [0.15, 0.2) is 108 Å². The molecule has 0 spiro atoms. The van der Waals surface area contributed by atoms with Crippen LogP contribution in [0.4, 0.5) is 11.6 Å². The second-order valence-electron chi connectivity index (χ2n) is 35.0. The van der Waals surface area contributed by atoms with Crippen LogP contribution in [0.25, 0.3) is 44.7 Å². The average molecular weight is 1920 g/mol. The van der Waals surface area contributed by atoms with Crippen molar-refractivity contribution in [2.75, 3.05) is 43.8 Å². The van der Waals surface area contributed by atoms with Crippen LogP contribution >= 0.6 is 31.3 Å². The molecule has 8 unspecified atom stereocenters. The van der Waals surface area contributed by atoms with Crippen LogP contribution < -0.4 is 21.8 Å². The van der Waals surface area contributed by atoms with Gasteiger partial charge in [0.05, 0.1) is 57.3 Å². The number of hydrogen-bond acceptors (Lipinski definition) is 31. The summed E-state index contributed by atoms with van der Waals surface area (Å²) in [5.41, 5.74) is 2.70. The molecule has 0 aliphatic carbocycles. The van der Waals surface area contributed by atoms with Crippen molar-refractivity contribution in [3.05, 3.63) is 142 Å². The molecule has 0 bridgehead atoms. The zero-order valence-corrected chi connectivity index (χ0v) is 81.6. The van der Waals surface area contributed by atoms with E-state index in [1.165, 1.54) is 31.6 Å². The number of nitrogens with zero attached hydrogens (tertiary/aromatic N) is 15. The summed E-state index contributed by atoms with van der Waals surface area (Å²) in [5, 5.41) is 25.3. The van der Waals surface area contributed by atoms with Crippen molar-refractivity contribution in [2.45, 2.75) is 252 Å². The zero-order valence-electron chi connectivity index (χ0n) is 75.2. The fourth-order valence-corrected chi connectivity index (χ4v) is 22.4. The van der Waals surface area contributed by atoms with Crippen LogP contribution in [-0.4, -0.2) is 237 Å². The first-order chi connectivity index (χ1) is 60.4. The molecule has 2 aromatic carbocycles. The number of hydrogen-bond donors (Lipinski definition) is 8. The highest BCUT2D eigenvalue weighted by atomic mass is 32.5. The molecule has 40 nitrogen and oxygen atoms in total. The third kappa shape index (κ3) is 23.0. The number of fused-ring (bicyclic) bond motifs is 4. The Morgan fingerprint density at radius 3 is 1.34 bits per heavy atom. The first-order valence-electron chi connectivity index (χ1n) is 41.6. The summed E-state index contributed by atoms with van der Waals surface area (Å²) in [6, 6.07) is 18.1. The van der Waals surface area contributed by atoms with Gasteiger partial charge < -0.3 is 72.2 Å². The monoisotopic (exact) mass is 1920 g/mol. The van der Waals surface area contributed by atoms with Crippen molar-refractivity contribution in [3.8, 4) is 12.8 Å². The van der Waals surface area contributed by atoms with E-state index in [9.17, 15) is 48.3 Å². The zero-order chi connectivity index (χ0) is 93.7. The molecule has 4 fully saturated rings. The summed E-state index contributed by atoms with van der Waals surface area (Å²) in [4.78, 5) is 120. The Morgan fingerprint density at radius 1 is 0.581 bits per heavy atom. The summed E-state index contributed by atoms with van der Waals surface area (Å²) in [6.07, 6.45) is 6.89. The van der Waals surface area contributed by atoms with Gasteiger partial charge in [-0.2, -0.15) is 0 Å². The number of imidazole rings is 4. The van der Waals surface area contributed by atoms with Crippen molar-refractivity contribution in [2.24, 2.45) is 11.8 Å². The second kappa shape index (κ2) is 42.8. The molecule has 10 aromatic rings. The fourth-order valence-electron chi connectivity index (χ4n) is 15.2. The lowest BCUT2D eigenvalue weighted by Crippen LogP contribution is -2.49. The Bertz CT molecular complexity index is 5760. The number of aryl methyl sites for hydroxylation is 2. The number of benzene rings is 2. The molecule has 0 saturated carbocycles. The molecule has 4 aliphatic rings. The van der Waals surface area contributed by atoms with Crippen LogP contribution in [0.5, 0.6) is 0 Å². The minimum atomic E-state index is -3.23. The Balaban J connectivity index is 0.000000214. The lowest BCUT2D eigenvalue weighted by molar-refractivity contribution is -0.0521. The van der Waals surface area contributed by atoms with Gasteiger partial charge in [-0.15, -0.1) is 31.7 Å². The summed E-state index contributed by atoms with van der Waals surface area (Å²) >= 11 is 5.97. The van der Waals surface area contributed by atoms with Crippen LogP contribution in [0.2, 0.25) is 36.3 Å². The van der Waals surface area contributed by atoms with Crippen LogP contribution in [0, 0.1) is 38.5 Å². The number of aromatic amines is 2. The molecule has 12 heterocycles. The number of terminal acetylenes is 1. The lowest BCUT2D eigenvalue weighted by atomic mass is 9.99. The van der Waals surface area contributed by atoms with Gasteiger partial charge in [-0.1, -0.05) is 106 Å². The minimum Gasteiger partial charge on any atom is -0.406 e. The summed E-state index contributed by atoms with van der Waals surface area (Å²) < 4.78 is 103. The first kappa shape index (κ1) is 103. The molecule has 129 heavy (non-hydrogen) atoms. The first-order valence-corrected chi connectivity index (χ1v) is 54.4. The SMILES string of the molecule is C.C#C.CC(C)(C)[Si](C)(C)O[C@H]1C(O[P+](=O)O)[C@@H](CO)O[C@H]1n1cnc2c(NC(=O)c3ccccc3)ncnc21.CC[C@H]1O[C@@H](n2cnc3c(=O)[nH]c(C)nc32)[C@@H](OP(C)N(C(C)C)C(C)C)C1C.Cc1nc2c(ncn2[C@@H]2O[C@H](CO)C(C)[C@@H]2OP(C)(=S)OC[C@H]2O[C@@H](n3cnc4c(NC(=O)c5ccccc5)ncnc43)[C@@H](O[Si](C)(C)C(C)(C)C)C2O[P+](=O)O)c(=O)[nH]1. The number of ether oxygens (including phenoxy) is 4. The van der Waals surface area contributed by atoms with E-state index < -0.39 is 139 Å². The normalized spacial score (nSPS) is 24.6. The van der Waals surface area contributed by atoms with Crippen LogP contribution in [0.3, 0.4) is 0 Å². The molecular weight excluding hydrogens is 1800 g/mol. The van der Waals surface area contributed by atoms with Crippen molar-refractivity contribution >= 4 is 128 Å². The lowest BCUT2D eigenvalue weighted by Gasteiger charge is -2.40. The third-order valence-electron chi connectivity index (χ3n) is 23.5. The number of H-pyrrole nitrogens is 2. The number of rotatable bonds is 29. The van der Waals surface area contributed by atoms with E-state index in [0.717, 1.165) is 6.42 Å². The molecular formula is C82H119N19O21P4SSi2+2. The molecule has 0 radical (unpaired) electrons. The predicted octanol–water partition coefficient (Wildman–Crippen LogP) is 12.8. The van der Waals surface area contributed by atoms with E-state index in [-0.39, 0.29) is 94.9 Å². The molecule has 2 amide bonds. The highest BCUT2D eigenvalue weighted by molar-refractivity contribution is 8.09. The number of amides is 2. The van der Waals surface area contributed by atoms with Gasteiger partial charge >= 0.3 is 16.5 Å². The van der Waals surface area contributed by atoms with E-state index >= 15 is 0 Å². The maximum Gasteiger partial charge on any atom is 0.695 e. The molecule has 20 atom stereocenters. The molecule has 8 N–H and O–H groups in total. The largest absolute Gasteiger partial charge is 0.695 e. The van der Waals surface area contributed by atoms with E-state index in [0.29, 0.717) is 62.8 Å². The quantitative estimate of drug-likeness (QED) is 0.0123. The number of aromatic nitrogens is 16. The summed E-state index contributed by atoms with van der Waals surface area (Å²) in [5.74, 6) is 0.381. The minimum absolute atomic E-state index is 0. The number of anilines is 2. The van der Waals surface area contributed by atoms with Crippen molar-refractivity contribution in [3.63, 3.8) is 0 Å². The van der Waals surface area contributed by atoms with Crippen molar-refractivity contribution in [1.29, 1.82) is 0 Å². The van der Waals surface area contributed by atoms with Gasteiger partial charge in [-0.3, -0.25) is 42.1 Å². The maximum absolute atomic E-state index is 13.1. The molecule has 700 valence electrons. The smallest absolute Gasteiger partial charge is 0.406 e. The average Bonchev–Trinajstić information content (AvgIpc) is 1.63. The summed E-state index contributed by atoms with van der Waals surface area (Å²) in [6.45, 7) is 38.4. The van der Waals surface area contributed by atoms with Gasteiger partial charge in [0.15, 0.2) is 117 Å². The van der Waals surface area contributed by atoms with Gasteiger partial charge in [0.1, 0.15) is 69.2 Å². The van der Waals surface area contributed by atoms with E-state index in [2.05, 4.69) is 178 Å². The maximum atomic E-state index is 13.1. The summed E-state index contributed by atoms with van der Waals surface area (Å²) in [7, 11) is -12.1. The fraction of sp³-hybridized carbons (Fsp3) is 0.561. The van der Waals surface area contributed by atoms with E-state index in [1.807, 2.05) is 43.7 Å². The van der Waals surface area contributed by atoms with Gasteiger partial charge in [0, 0.05) is 50.8 Å². The Hall–Kier alpha value is -8.19. The number of aliphatic hydroxyl groups excluding tert-OH is 2. The number of carbonyl (C=O) groups is 2. The van der Waals surface area contributed by atoms with Gasteiger partial charge in [-0.05, 0) is 127 Å². The highest BCUT2D eigenvalue weighted by Gasteiger charge is 2.58. The Kier molecular flexibility index (Phi) is 34.1. The van der Waals surface area contributed by atoms with Gasteiger partial charge in [0.25, 0.3) is 22.9 Å². The highest BCUT2D eigenvalue weighted by Crippen LogP contribution is 2.55. The Labute approximate surface area is 758 Å². The third-order valence-corrected chi connectivity index (χ3v) is 37.3. The number of carbonyl (C=O) groups excluding carboxylic acids is 2. The molecule has 8 aromatic heterocycles. The second-order valence-corrected chi connectivity index (χ2v) is 51.5. The van der Waals surface area contributed by atoms with E-state index in [4.69, 9.17) is 62.2 Å². The van der Waals surface area contributed by atoms with Crippen LogP contribution in [-0.2, 0) is 71.4 Å². The van der Waals surface area contributed by atoms with Crippen molar-refractivity contribution in [1.82, 2.24) is 82.7 Å². The van der Waals surface area contributed by atoms with Crippen molar-refractivity contribution < 1.29 is 89.1 Å².